The number of carbonyl (C=O) groups excluding carboxylic acids is 1. The van der Waals surface area contributed by atoms with Crippen molar-refractivity contribution in [3.63, 3.8) is 0 Å². The van der Waals surface area contributed by atoms with E-state index in [1.807, 2.05) is 10.9 Å². The van der Waals surface area contributed by atoms with Crippen LogP contribution in [0.15, 0.2) is 42.6 Å². The van der Waals surface area contributed by atoms with Crippen molar-refractivity contribution in [3.8, 4) is 0 Å². The molecule has 1 heterocycles. The molecule has 1 fully saturated rings. The lowest BCUT2D eigenvalue weighted by molar-refractivity contribution is -0.137. The van der Waals surface area contributed by atoms with Crippen molar-refractivity contribution < 1.29 is 23.1 Å². The summed E-state index contributed by atoms with van der Waals surface area (Å²) in [6.07, 6.45) is 1.92. The van der Waals surface area contributed by atoms with Gasteiger partial charge in [-0.05, 0) is 81.8 Å². The van der Waals surface area contributed by atoms with E-state index >= 15 is 0 Å². The van der Waals surface area contributed by atoms with Gasteiger partial charge in [0.15, 0.2) is 0 Å². The first-order chi connectivity index (χ1) is 15.4. The molecule has 0 unspecified atom stereocenters. The number of aromatic nitrogens is 2. The lowest BCUT2D eigenvalue weighted by atomic mass is 9.87. The summed E-state index contributed by atoms with van der Waals surface area (Å²) in [5.74, 6) is 0.169. The summed E-state index contributed by atoms with van der Waals surface area (Å²) in [5, 5.41) is 19.0. The van der Waals surface area contributed by atoms with Crippen molar-refractivity contribution in [2.45, 2.75) is 64.3 Å². The van der Waals surface area contributed by atoms with Crippen LogP contribution in [0.25, 0.3) is 10.9 Å². The lowest BCUT2D eigenvalue weighted by Gasteiger charge is -2.26. The van der Waals surface area contributed by atoms with Gasteiger partial charge in [-0.25, -0.2) is 0 Å². The van der Waals surface area contributed by atoms with Gasteiger partial charge in [0.2, 0.25) is 0 Å². The largest absolute Gasteiger partial charge is 0.416 e. The highest BCUT2D eigenvalue weighted by molar-refractivity contribution is 6.05. The summed E-state index contributed by atoms with van der Waals surface area (Å²) in [6.45, 7) is 5.49. The summed E-state index contributed by atoms with van der Waals surface area (Å²) in [5.41, 5.74) is -0.382. The van der Waals surface area contributed by atoms with Crippen LogP contribution in [0.3, 0.4) is 0 Å². The number of carbonyl (C=O) groups is 1. The Bertz CT molecular complexity index is 1150. The molecule has 1 saturated carbocycles. The number of aliphatic hydroxyl groups is 1. The van der Waals surface area contributed by atoms with Crippen molar-refractivity contribution in [2.75, 3.05) is 5.32 Å². The molecule has 3 aromatic rings. The Balaban J connectivity index is 1.64. The second-order valence-corrected chi connectivity index (χ2v) is 9.57. The van der Waals surface area contributed by atoms with E-state index < -0.39 is 23.2 Å². The highest BCUT2D eigenvalue weighted by Crippen LogP contribution is 2.36. The van der Waals surface area contributed by atoms with E-state index in [1.165, 1.54) is 0 Å². The molecule has 2 N–H and O–H groups in total. The molecule has 0 aliphatic heterocycles. The Kier molecular flexibility index (Phi) is 5.99. The number of benzene rings is 2. The third-order valence-electron chi connectivity index (χ3n) is 6.40. The number of amides is 1. The summed E-state index contributed by atoms with van der Waals surface area (Å²) in [4.78, 5) is 12.8. The van der Waals surface area contributed by atoms with Gasteiger partial charge in [0.1, 0.15) is 0 Å². The van der Waals surface area contributed by atoms with Gasteiger partial charge < -0.3 is 10.4 Å². The van der Waals surface area contributed by atoms with Gasteiger partial charge in [-0.3, -0.25) is 9.48 Å². The normalized spacial score (nSPS) is 19.6. The van der Waals surface area contributed by atoms with Crippen LogP contribution in [0, 0.1) is 5.92 Å². The summed E-state index contributed by atoms with van der Waals surface area (Å²) >= 11 is 0. The van der Waals surface area contributed by atoms with Gasteiger partial charge >= 0.3 is 6.18 Å². The highest BCUT2D eigenvalue weighted by atomic mass is 19.4. The van der Waals surface area contributed by atoms with E-state index in [0.717, 1.165) is 66.8 Å². The monoisotopic (exact) mass is 459 g/mol. The van der Waals surface area contributed by atoms with Gasteiger partial charge in [-0.15, -0.1) is 0 Å². The maximum absolute atomic E-state index is 12.8. The second-order valence-electron chi connectivity index (χ2n) is 9.57. The number of hydrogen-bond acceptors (Lipinski definition) is 3. The molecule has 2 aromatic carbocycles. The minimum absolute atomic E-state index is 0.0943. The van der Waals surface area contributed by atoms with E-state index in [-0.39, 0.29) is 5.56 Å². The van der Waals surface area contributed by atoms with Crippen LogP contribution >= 0.6 is 0 Å². The average molecular weight is 460 g/mol. The van der Waals surface area contributed by atoms with E-state index in [0.29, 0.717) is 17.3 Å². The van der Waals surface area contributed by atoms with Crippen LogP contribution in [0.2, 0.25) is 0 Å². The van der Waals surface area contributed by atoms with Crippen molar-refractivity contribution in [1.82, 2.24) is 9.78 Å². The number of halogens is 3. The second kappa shape index (κ2) is 8.48. The number of nitrogens with zero attached hydrogens (tertiary/aromatic N) is 2. The molecule has 33 heavy (non-hydrogen) atoms. The first-order valence-corrected chi connectivity index (χ1v) is 11.2. The standard InChI is InChI=1S/C25H28F3N3O2/c1-15-4-10-19(11-5-15)31-14-17-12-22(20(24(2,3)33)13-21(17)30-31)29-23(32)16-6-8-18(9-7-16)25(26,27)28/h6-9,12-15,19,33H,4-5,10-11H2,1-3H3,(H,29,32). The molecule has 0 saturated heterocycles. The van der Waals surface area contributed by atoms with Crippen LogP contribution in [0.4, 0.5) is 18.9 Å². The first kappa shape index (κ1) is 23.3. The van der Waals surface area contributed by atoms with Crippen LogP contribution in [-0.2, 0) is 11.8 Å². The maximum atomic E-state index is 12.8. The first-order valence-electron chi connectivity index (χ1n) is 11.2. The molecule has 5 nitrogen and oxygen atoms in total. The fourth-order valence-electron chi connectivity index (χ4n) is 4.40. The third kappa shape index (κ3) is 5.05. The van der Waals surface area contributed by atoms with Crippen molar-refractivity contribution in [3.05, 3.63) is 59.3 Å². The number of anilines is 1. The molecule has 1 aliphatic rings. The molecule has 0 radical (unpaired) electrons. The minimum Gasteiger partial charge on any atom is -0.386 e. The Labute approximate surface area is 190 Å². The van der Waals surface area contributed by atoms with Gasteiger partial charge in [-0.2, -0.15) is 18.3 Å². The fourth-order valence-corrected chi connectivity index (χ4v) is 4.40. The van der Waals surface area contributed by atoms with E-state index in [4.69, 9.17) is 5.10 Å². The molecule has 1 aliphatic carbocycles. The van der Waals surface area contributed by atoms with Gasteiger partial charge in [0.05, 0.1) is 22.7 Å². The summed E-state index contributed by atoms with van der Waals surface area (Å²) < 4.78 is 40.4. The molecule has 1 aromatic heterocycles. The lowest BCUT2D eigenvalue weighted by Crippen LogP contribution is -2.21. The number of hydrogen-bond donors (Lipinski definition) is 2. The van der Waals surface area contributed by atoms with Crippen molar-refractivity contribution in [1.29, 1.82) is 0 Å². The predicted octanol–water partition coefficient (Wildman–Crippen LogP) is 6.29. The van der Waals surface area contributed by atoms with Gasteiger partial charge in [0, 0.05) is 28.4 Å². The predicted molar refractivity (Wildman–Crippen MR) is 121 cm³/mol. The van der Waals surface area contributed by atoms with Gasteiger partial charge in [0.25, 0.3) is 5.91 Å². The highest BCUT2D eigenvalue weighted by Gasteiger charge is 2.30. The number of nitrogens with one attached hydrogen (secondary N) is 1. The average Bonchev–Trinajstić information content (AvgIpc) is 3.15. The smallest absolute Gasteiger partial charge is 0.386 e. The fraction of sp³-hybridized carbons (Fsp3) is 0.440. The Morgan fingerprint density at radius 2 is 1.73 bits per heavy atom. The van der Waals surface area contributed by atoms with Gasteiger partial charge in [-0.1, -0.05) is 6.92 Å². The van der Waals surface area contributed by atoms with E-state index in [2.05, 4.69) is 12.2 Å². The van der Waals surface area contributed by atoms with Crippen LogP contribution < -0.4 is 5.32 Å². The van der Waals surface area contributed by atoms with E-state index in [1.54, 1.807) is 26.0 Å². The van der Waals surface area contributed by atoms with Crippen molar-refractivity contribution in [2.24, 2.45) is 5.92 Å². The molecular weight excluding hydrogens is 431 g/mol. The molecule has 0 bridgehead atoms. The van der Waals surface area contributed by atoms with Crippen molar-refractivity contribution >= 4 is 22.5 Å². The molecule has 176 valence electrons. The number of rotatable bonds is 4. The van der Waals surface area contributed by atoms with Crippen LogP contribution in [0.1, 0.15) is 74.0 Å². The number of fused-ring (bicyclic) bond motifs is 1. The summed E-state index contributed by atoms with van der Waals surface area (Å²) in [6, 6.07) is 7.89. The minimum atomic E-state index is -4.47. The number of alkyl halides is 3. The molecule has 0 spiro atoms. The van der Waals surface area contributed by atoms with Crippen LogP contribution in [0.5, 0.6) is 0 Å². The Morgan fingerprint density at radius 3 is 2.30 bits per heavy atom. The van der Waals surface area contributed by atoms with E-state index in [9.17, 15) is 23.1 Å². The maximum Gasteiger partial charge on any atom is 0.416 e. The molecule has 0 atom stereocenters. The topological polar surface area (TPSA) is 67.2 Å². The molecular formula is C25H28F3N3O2. The zero-order chi connectivity index (χ0) is 24.0. The summed E-state index contributed by atoms with van der Waals surface area (Å²) in [7, 11) is 0. The Hall–Kier alpha value is -2.87. The third-order valence-corrected chi connectivity index (χ3v) is 6.40. The van der Waals surface area contributed by atoms with Crippen LogP contribution in [-0.4, -0.2) is 20.8 Å². The molecule has 1 amide bonds. The quantitative estimate of drug-likeness (QED) is 0.482. The molecule has 4 rings (SSSR count). The zero-order valence-corrected chi connectivity index (χ0v) is 18.9. The molecule has 8 heteroatoms. The Morgan fingerprint density at radius 1 is 1.09 bits per heavy atom. The SMILES string of the molecule is CC1CCC(n2cc3cc(NC(=O)c4ccc(C(F)(F)F)cc4)c(C(C)(C)O)cc3n2)CC1. The zero-order valence-electron chi connectivity index (χ0n) is 18.9.